The van der Waals surface area contributed by atoms with E-state index in [4.69, 9.17) is 4.74 Å². The number of hydrogen-bond acceptors (Lipinski definition) is 4. The third-order valence-electron chi connectivity index (χ3n) is 3.04. The summed E-state index contributed by atoms with van der Waals surface area (Å²) in [7, 11) is 1.60. The zero-order chi connectivity index (χ0) is 15.9. The van der Waals surface area contributed by atoms with E-state index in [1.807, 2.05) is 0 Å². The number of carbonyl (C=O) groups excluding carboxylic acids is 1. The highest BCUT2D eigenvalue weighted by Gasteiger charge is 2.14. The lowest BCUT2D eigenvalue weighted by atomic mass is 10.1. The van der Waals surface area contributed by atoms with Gasteiger partial charge in [0.2, 0.25) is 5.91 Å². The standard InChI is InChI=1S/C15H18FN3O3/c1-22-8-7-19-6-5-14(18-19)17-15(21)10-13(20)11-3-2-4-12(16)9-11/h2-6,9,13,20H,7-8,10H2,1H3,(H,17,18,21). The maximum Gasteiger partial charge on any atom is 0.228 e. The Hall–Kier alpha value is -2.25. The molecule has 0 bridgehead atoms. The number of nitrogens with zero attached hydrogens (tertiary/aromatic N) is 2. The van der Waals surface area contributed by atoms with Crippen LogP contribution in [-0.4, -0.2) is 34.5 Å². The molecule has 2 aromatic rings. The van der Waals surface area contributed by atoms with Crippen LogP contribution >= 0.6 is 0 Å². The van der Waals surface area contributed by atoms with E-state index in [0.717, 1.165) is 0 Å². The van der Waals surface area contributed by atoms with Gasteiger partial charge in [0.1, 0.15) is 5.82 Å². The minimum absolute atomic E-state index is 0.172. The van der Waals surface area contributed by atoms with Crippen LogP contribution in [0.3, 0.4) is 0 Å². The van der Waals surface area contributed by atoms with E-state index >= 15 is 0 Å². The van der Waals surface area contributed by atoms with Crippen molar-refractivity contribution in [3.63, 3.8) is 0 Å². The number of methoxy groups -OCH3 is 1. The maximum atomic E-state index is 13.1. The first-order valence-electron chi connectivity index (χ1n) is 6.84. The molecule has 1 unspecified atom stereocenters. The van der Waals surface area contributed by atoms with Crippen LogP contribution < -0.4 is 5.32 Å². The molecule has 0 saturated carbocycles. The van der Waals surface area contributed by atoms with Gasteiger partial charge in [-0.1, -0.05) is 12.1 Å². The number of aliphatic hydroxyl groups excluding tert-OH is 1. The number of ether oxygens (including phenoxy) is 1. The molecule has 22 heavy (non-hydrogen) atoms. The molecule has 1 aromatic carbocycles. The predicted molar refractivity (Wildman–Crippen MR) is 78.7 cm³/mol. The van der Waals surface area contributed by atoms with Crippen LogP contribution in [0.25, 0.3) is 0 Å². The summed E-state index contributed by atoms with van der Waals surface area (Å²) in [6, 6.07) is 7.20. The Morgan fingerprint density at radius 3 is 3.05 bits per heavy atom. The molecule has 0 aliphatic carbocycles. The molecule has 2 rings (SSSR count). The van der Waals surface area contributed by atoms with E-state index < -0.39 is 17.8 Å². The first-order chi connectivity index (χ1) is 10.6. The molecule has 0 radical (unpaired) electrons. The molecule has 1 aromatic heterocycles. The summed E-state index contributed by atoms with van der Waals surface area (Å²) >= 11 is 0. The Bertz CT molecular complexity index is 630. The number of amides is 1. The fourth-order valence-electron chi connectivity index (χ4n) is 1.94. The van der Waals surface area contributed by atoms with Crippen molar-refractivity contribution in [2.75, 3.05) is 19.0 Å². The highest BCUT2D eigenvalue weighted by atomic mass is 19.1. The van der Waals surface area contributed by atoms with Crippen LogP contribution in [0.5, 0.6) is 0 Å². The fourth-order valence-corrected chi connectivity index (χ4v) is 1.94. The Kier molecular flexibility index (Phi) is 5.62. The third-order valence-corrected chi connectivity index (χ3v) is 3.04. The van der Waals surface area contributed by atoms with Gasteiger partial charge in [-0.3, -0.25) is 9.48 Å². The quantitative estimate of drug-likeness (QED) is 0.817. The number of hydrogen-bond donors (Lipinski definition) is 2. The van der Waals surface area contributed by atoms with Gasteiger partial charge in [-0.25, -0.2) is 4.39 Å². The van der Waals surface area contributed by atoms with E-state index in [9.17, 15) is 14.3 Å². The predicted octanol–water partition coefficient (Wildman–Crippen LogP) is 1.73. The van der Waals surface area contributed by atoms with Crippen LogP contribution in [0.2, 0.25) is 0 Å². The number of aliphatic hydroxyl groups is 1. The van der Waals surface area contributed by atoms with Crippen LogP contribution in [0.4, 0.5) is 10.2 Å². The third kappa shape index (κ3) is 4.64. The molecule has 1 atom stereocenters. The lowest BCUT2D eigenvalue weighted by Gasteiger charge is -2.10. The monoisotopic (exact) mass is 307 g/mol. The van der Waals surface area contributed by atoms with E-state index in [2.05, 4.69) is 10.4 Å². The molecule has 0 aliphatic rings. The van der Waals surface area contributed by atoms with Crippen molar-refractivity contribution in [1.29, 1.82) is 0 Å². The lowest BCUT2D eigenvalue weighted by molar-refractivity contribution is -0.118. The van der Waals surface area contributed by atoms with Crippen molar-refractivity contribution in [3.8, 4) is 0 Å². The van der Waals surface area contributed by atoms with Crippen molar-refractivity contribution in [3.05, 3.63) is 47.9 Å². The molecule has 1 amide bonds. The smallest absolute Gasteiger partial charge is 0.228 e. The minimum atomic E-state index is -1.06. The van der Waals surface area contributed by atoms with Gasteiger partial charge in [-0.2, -0.15) is 5.10 Å². The van der Waals surface area contributed by atoms with E-state index in [1.165, 1.54) is 18.2 Å². The SMILES string of the molecule is COCCn1ccc(NC(=O)CC(O)c2cccc(F)c2)n1. The molecule has 0 fully saturated rings. The Morgan fingerprint density at radius 1 is 1.50 bits per heavy atom. The molecule has 1 heterocycles. The molecule has 6 nitrogen and oxygen atoms in total. The molecule has 0 spiro atoms. The first-order valence-corrected chi connectivity index (χ1v) is 6.84. The topological polar surface area (TPSA) is 76.4 Å². The minimum Gasteiger partial charge on any atom is -0.388 e. The summed E-state index contributed by atoms with van der Waals surface area (Å²) in [6.07, 6.45) is 0.484. The molecule has 2 N–H and O–H groups in total. The average molecular weight is 307 g/mol. The number of anilines is 1. The van der Waals surface area contributed by atoms with Gasteiger partial charge < -0.3 is 15.2 Å². The maximum absolute atomic E-state index is 13.1. The number of nitrogens with one attached hydrogen (secondary N) is 1. The van der Waals surface area contributed by atoms with Crippen LogP contribution in [-0.2, 0) is 16.1 Å². The molecule has 7 heteroatoms. The number of benzene rings is 1. The van der Waals surface area contributed by atoms with Crippen LogP contribution in [0, 0.1) is 5.82 Å². The van der Waals surface area contributed by atoms with Gasteiger partial charge in [-0.05, 0) is 17.7 Å². The van der Waals surface area contributed by atoms with Crippen molar-refractivity contribution in [2.45, 2.75) is 19.1 Å². The van der Waals surface area contributed by atoms with Crippen molar-refractivity contribution in [2.24, 2.45) is 0 Å². The zero-order valence-corrected chi connectivity index (χ0v) is 12.2. The summed E-state index contributed by atoms with van der Waals surface area (Å²) < 4.78 is 19.7. The lowest BCUT2D eigenvalue weighted by Crippen LogP contribution is -2.16. The highest BCUT2D eigenvalue weighted by Crippen LogP contribution is 2.18. The van der Waals surface area contributed by atoms with E-state index in [0.29, 0.717) is 24.5 Å². The van der Waals surface area contributed by atoms with Gasteiger partial charge >= 0.3 is 0 Å². The molecule has 0 saturated heterocycles. The van der Waals surface area contributed by atoms with Crippen molar-refractivity contribution < 1.29 is 19.0 Å². The molecule has 118 valence electrons. The number of rotatable bonds is 7. The van der Waals surface area contributed by atoms with E-state index in [1.54, 1.807) is 30.1 Å². The van der Waals surface area contributed by atoms with Gasteiger partial charge in [0.25, 0.3) is 0 Å². The van der Waals surface area contributed by atoms with Crippen LogP contribution in [0.15, 0.2) is 36.5 Å². The molecule has 0 aliphatic heterocycles. The zero-order valence-electron chi connectivity index (χ0n) is 12.2. The molecular weight excluding hydrogens is 289 g/mol. The normalized spacial score (nSPS) is 12.1. The van der Waals surface area contributed by atoms with Gasteiger partial charge in [0, 0.05) is 19.4 Å². The highest BCUT2D eigenvalue weighted by molar-refractivity contribution is 5.90. The average Bonchev–Trinajstić information content (AvgIpc) is 2.92. The summed E-state index contributed by atoms with van der Waals surface area (Å²) in [5.41, 5.74) is 0.362. The van der Waals surface area contributed by atoms with Gasteiger partial charge in [0.05, 0.1) is 25.7 Å². The summed E-state index contributed by atoms with van der Waals surface area (Å²) in [5, 5.41) is 16.7. The largest absolute Gasteiger partial charge is 0.388 e. The second kappa shape index (κ2) is 7.67. The number of aromatic nitrogens is 2. The summed E-state index contributed by atoms with van der Waals surface area (Å²) in [4.78, 5) is 11.9. The Morgan fingerprint density at radius 2 is 2.32 bits per heavy atom. The van der Waals surface area contributed by atoms with Gasteiger partial charge in [-0.15, -0.1) is 0 Å². The van der Waals surface area contributed by atoms with Crippen molar-refractivity contribution in [1.82, 2.24) is 9.78 Å². The fraction of sp³-hybridized carbons (Fsp3) is 0.333. The second-order valence-corrected chi connectivity index (χ2v) is 4.78. The number of carbonyl (C=O) groups is 1. The van der Waals surface area contributed by atoms with E-state index in [-0.39, 0.29) is 6.42 Å². The number of halogens is 1. The van der Waals surface area contributed by atoms with Crippen molar-refractivity contribution >= 4 is 11.7 Å². The van der Waals surface area contributed by atoms with Gasteiger partial charge in [0.15, 0.2) is 5.82 Å². The Balaban J connectivity index is 1.88. The summed E-state index contributed by atoms with van der Waals surface area (Å²) in [5.74, 6) is -0.449. The molecular formula is C15H18FN3O3. The summed E-state index contributed by atoms with van der Waals surface area (Å²) in [6.45, 7) is 1.10. The van der Waals surface area contributed by atoms with Crippen LogP contribution in [0.1, 0.15) is 18.1 Å². The second-order valence-electron chi connectivity index (χ2n) is 4.78. The Labute approximate surface area is 127 Å². The first kappa shape index (κ1) is 16.1.